The molecular formula is C20H24N2O3S2. The van der Waals surface area contributed by atoms with Gasteiger partial charge in [0, 0.05) is 30.1 Å². The van der Waals surface area contributed by atoms with Crippen LogP contribution in [0.25, 0.3) is 0 Å². The molecular weight excluding hydrogens is 380 g/mol. The van der Waals surface area contributed by atoms with Crippen molar-refractivity contribution in [2.24, 2.45) is 0 Å². The maximum absolute atomic E-state index is 12.8. The number of anilines is 1. The number of carbonyl (C=O) groups is 1. The second-order valence-electron chi connectivity index (χ2n) is 6.58. The van der Waals surface area contributed by atoms with E-state index >= 15 is 0 Å². The lowest BCUT2D eigenvalue weighted by Crippen LogP contribution is -2.35. The molecule has 1 N–H and O–H groups in total. The van der Waals surface area contributed by atoms with Gasteiger partial charge in [0.2, 0.25) is 10.0 Å². The molecule has 0 aromatic heterocycles. The molecule has 27 heavy (non-hydrogen) atoms. The zero-order chi connectivity index (χ0) is 19.3. The number of nitrogens with one attached hydrogen (secondary N) is 1. The van der Waals surface area contributed by atoms with E-state index < -0.39 is 10.0 Å². The van der Waals surface area contributed by atoms with Crippen molar-refractivity contribution in [1.29, 1.82) is 0 Å². The summed E-state index contributed by atoms with van der Waals surface area (Å²) in [6.45, 7) is 1.11. The maximum atomic E-state index is 12.8. The molecule has 0 aliphatic carbocycles. The highest BCUT2D eigenvalue weighted by molar-refractivity contribution is 7.97. The fourth-order valence-electron chi connectivity index (χ4n) is 3.11. The van der Waals surface area contributed by atoms with Gasteiger partial charge in [-0.05, 0) is 55.0 Å². The van der Waals surface area contributed by atoms with Crippen molar-refractivity contribution in [3.05, 3.63) is 59.7 Å². The minimum atomic E-state index is -3.52. The Morgan fingerprint density at radius 2 is 1.78 bits per heavy atom. The summed E-state index contributed by atoms with van der Waals surface area (Å²) in [4.78, 5) is 12.7. The highest BCUT2D eigenvalue weighted by atomic mass is 32.2. The van der Waals surface area contributed by atoms with Crippen LogP contribution in [-0.2, 0) is 15.8 Å². The van der Waals surface area contributed by atoms with Gasteiger partial charge in [-0.2, -0.15) is 16.1 Å². The van der Waals surface area contributed by atoms with E-state index in [0.29, 0.717) is 24.3 Å². The Hall–Kier alpha value is -1.83. The number of carbonyl (C=O) groups excluding carboxylic acids is 1. The molecule has 1 fully saturated rings. The molecule has 2 aromatic carbocycles. The van der Waals surface area contributed by atoms with Gasteiger partial charge in [0.05, 0.1) is 4.90 Å². The monoisotopic (exact) mass is 404 g/mol. The maximum Gasteiger partial charge on any atom is 0.255 e. The van der Waals surface area contributed by atoms with E-state index in [1.54, 1.807) is 42.1 Å². The van der Waals surface area contributed by atoms with Crippen LogP contribution < -0.4 is 5.32 Å². The number of hydrogen-bond acceptors (Lipinski definition) is 4. The lowest BCUT2D eigenvalue weighted by molar-refractivity contribution is 0.102. The molecule has 0 saturated carbocycles. The number of piperidine rings is 1. The van der Waals surface area contributed by atoms with Gasteiger partial charge in [0.15, 0.2) is 0 Å². The Bertz CT molecular complexity index is 890. The highest BCUT2D eigenvalue weighted by Crippen LogP contribution is 2.23. The van der Waals surface area contributed by atoms with Crippen LogP contribution in [0.1, 0.15) is 35.2 Å². The number of hydrogen-bond donors (Lipinski definition) is 1. The number of rotatable bonds is 6. The molecule has 0 spiro atoms. The third-order valence-corrected chi connectivity index (χ3v) is 7.09. The molecule has 1 aliphatic rings. The van der Waals surface area contributed by atoms with Crippen LogP contribution in [0, 0.1) is 0 Å². The first-order valence-electron chi connectivity index (χ1n) is 9.00. The molecule has 1 amide bonds. The molecule has 7 heteroatoms. The minimum Gasteiger partial charge on any atom is -0.322 e. The molecule has 2 aromatic rings. The van der Waals surface area contributed by atoms with E-state index in [-0.39, 0.29) is 10.8 Å². The van der Waals surface area contributed by atoms with Gasteiger partial charge >= 0.3 is 0 Å². The second kappa shape index (κ2) is 8.91. The van der Waals surface area contributed by atoms with Crippen LogP contribution in [0.4, 0.5) is 5.69 Å². The topological polar surface area (TPSA) is 66.5 Å². The lowest BCUT2D eigenvalue weighted by atomic mass is 10.1. The van der Waals surface area contributed by atoms with Crippen LogP contribution >= 0.6 is 11.8 Å². The van der Waals surface area contributed by atoms with Gasteiger partial charge in [-0.25, -0.2) is 8.42 Å². The predicted molar refractivity (Wildman–Crippen MR) is 111 cm³/mol. The third kappa shape index (κ3) is 4.91. The van der Waals surface area contributed by atoms with Crippen LogP contribution in [0.15, 0.2) is 53.4 Å². The molecule has 5 nitrogen and oxygen atoms in total. The number of thioether (sulfide) groups is 1. The van der Waals surface area contributed by atoms with Crippen molar-refractivity contribution in [2.75, 3.05) is 24.7 Å². The number of amides is 1. The number of benzene rings is 2. The van der Waals surface area contributed by atoms with Crippen molar-refractivity contribution in [1.82, 2.24) is 4.31 Å². The first-order valence-corrected chi connectivity index (χ1v) is 11.8. The van der Waals surface area contributed by atoms with E-state index in [4.69, 9.17) is 0 Å². The van der Waals surface area contributed by atoms with Gasteiger partial charge in [0.25, 0.3) is 5.91 Å². The SMILES string of the molecule is CSCc1ccc(C(=O)Nc2cccc(S(=O)(=O)N3CCCCC3)c2)cc1. The lowest BCUT2D eigenvalue weighted by Gasteiger charge is -2.26. The van der Waals surface area contributed by atoms with E-state index in [0.717, 1.165) is 30.6 Å². The van der Waals surface area contributed by atoms with Crippen LogP contribution in [0.5, 0.6) is 0 Å². The Kier molecular flexibility index (Phi) is 6.57. The molecule has 0 unspecified atom stereocenters. The Morgan fingerprint density at radius 3 is 2.44 bits per heavy atom. The van der Waals surface area contributed by atoms with Gasteiger partial charge in [0.1, 0.15) is 0 Å². The van der Waals surface area contributed by atoms with Gasteiger partial charge in [-0.3, -0.25) is 4.79 Å². The van der Waals surface area contributed by atoms with Crippen molar-refractivity contribution < 1.29 is 13.2 Å². The fourth-order valence-corrected chi connectivity index (χ4v) is 5.20. The minimum absolute atomic E-state index is 0.220. The van der Waals surface area contributed by atoms with E-state index in [9.17, 15) is 13.2 Å². The Labute approximate surface area is 165 Å². The summed E-state index contributed by atoms with van der Waals surface area (Å²) in [5.41, 5.74) is 2.18. The first kappa shape index (κ1) is 19.9. The van der Waals surface area contributed by atoms with Gasteiger partial charge in [-0.1, -0.05) is 24.6 Å². The predicted octanol–water partition coefficient (Wildman–Crippen LogP) is 3.98. The summed E-state index contributed by atoms with van der Waals surface area (Å²) in [7, 11) is -3.52. The third-order valence-electron chi connectivity index (χ3n) is 4.57. The average Bonchev–Trinajstić information content (AvgIpc) is 2.69. The summed E-state index contributed by atoms with van der Waals surface area (Å²) >= 11 is 1.73. The van der Waals surface area contributed by atoms with E-state index in [1.165, 1.54) is 10.4 Å². The molecule has 0 bridgehead atoms. The van der Waals surface area contributed by atoms with Crippen molar-refractivity contribution >= 4 is 33.4 Å². The van der Waals surface area contributed by atoms with E-state index in [2.05, 4.69) is 5.32 Å². The molecule has 3 rings (SSSR count). The van der Waals surface area contributed by atoms with Crippen LogP contribution in [0.3, 0.4) is 0 Å². The Balaban J connectivity index is 1.74. The number of sulfonamides is 1. The van der Waals surface area contributed by atoms with Gasteiger partial charge in [-0.15, -0.1) is 0 Å². The van der Waals surface area contributed by atoms with Crippen LogP contribution in [0.2, 0.25) is 0 Å². The number of nitrogens with zero attached hydrogens (tertiary/aromatic N) is 1. The molecule has 1 saturated heterocycles. The summed E-state index contributed by atoms with van der Waals surface area (Å²) in [6, 6.07) is 13.9. The molecule has 144 valence electrons. The summed E-state index contributed by atoms with van der Waals surface area (Å²) in [5.74, 6) is 0.649. The molecule has 0 radical (unpaired) electrons. The molecule has 1 heterocycles. The van der Waals surface area contributed by atoms with Crippen molar-refractivity contribution in [3.8, 4) is 0 Å². The average molecular weight is 405 g/mol. The highest BCUT2D eigenvalue weighted by Gasteiger charge is 2.26. The van der Waals surface area contributed by atoms with E-state index in [1.807, 2.05) is 18.4 Å². The summed E-state index contributed by atoms with van der Waals surface area (Å²) < 4.78 is 27.1. The standard InChI is InChI=1S/C20H24N2O3S2/c1-26-15-16-8-10-17(11-9-16)20(23)21-18-6-5-7-19(14-18)27(24,25)22-12-3-2-4-13-22/h5-11,14H,2-4,12-13,15H2,1H3,(H,21,23). The van der Waals surface area contributed by atoms with Gasteiger partial charge < -0.3 is 5.32 Å². The molecule has 1 aliphatic heterocycles. The van der Waals surface area contributed by atoms with Crippen LogP contribution in [-0.4, -0.2) is 38.0 Å². The largest absolute Gasteiger partial charge is 0.322 e. The van der Waals surface area contributed by atoms with Crippen molar-refractivity contribution in [3.63, 3.8) is 0 Å². The molecule has 0 atom stereocenters. The smallest absolute Gasteiger partial charge is 0.255 e. The quantitative estimate of drug-likeness (QED) is 0.791. The normalized spacial score (nSPS) is 15.4. The fraction of sp³-hybridized carbons (Fsp3) is 0.350. The Morgan fingerprint density at radius 1 is 1.07 bits per heavy atom. The second-order valence-corrected chi connectivity index (χ2v) is 9.38. The zero-order valence-electron chi connectivity index (χ0n) is 15.3. The first-order chi connectivity index (χ1) is 13.0. The van der Waals surface area contributed by atoms with Crippen molar-refractivity contribution in [2.45, 2.75) is 29.9 Å². The zero-order valence-corrected chi connectivity index (χ0v) is 17.0. The summed E-state index contributed by atoms with van der Waals surface area (Å²) in [5, 5.41) is 2.80. The summed E-state index contributed by atoms with van der Waals surface area (Å²) in [6.07, 6.45) is 4.88.